The minimum atomic E-state index is -0.292. The van der Waals surface area contributed by atoms with Crippen molar-refractivity contribution >= 4 is 0 Å². The van der Waals surface area contributed by atoms with Crippen molar-refractivity contribution in [1.82, 2.24) is 0 Å². The molecule has 0 saturated heterocycles. The second kappa shape index (κ2) is 3.40. The molecule has 0 aliphatic heterocycles. The van der Waals surface area contributed by atoms with Gasteiger partial charge < -0.3 is 5.11 Å². The monoisotopic (exact) mass is 156 g/mol. The van der Waals surface area contributed by atoms with E-state index in [0.29, 0.717) is 0 Å². The third kappa shape index (κ3) is 3.06. The summed E-state index contributed by atoms with van der Waals surface area (Å²) in [6, 6.07) is 0. The average molecular weight is 156 g/mol. The van der Waals surface area contributed by atoms with Crippen molar-refractivity contribution in [2.24, 2.45) is 11.3 Å². The Morgan fingerprint density at radius 3 is 1.82 bits per heavy atom. The number of hydrogen-bond donors (Lipinski definition) is 1. The molecule has 2 atom stereocenters. The summed E-state index contributed by atoms with van der Waals surface area (Å²) in [5.74, 6) is 0.190. The fourth-order valence-electron chi connectivity index (χ4n) is 1.02. The molecule has 0 aromatic rings. The lowest BCUT2D eigenvalue weighted by molar-refractivity contribution is 0.0303. The van der Waals surface area contributed by atoms with E-state index in [1.807, 2.05) is 34.6 Å². The second-order valence-electron chi connectivity index (χ2n) is 4.45. The van der Waals surface area contributed by atoms with E-state index >= 15 is 0 Å². The van der Waals surface area contributed by atoms with E-state index in [0.717, 1.165) is 5.57 Å². The van der Waals surface area contributed by atoms with Gasteiger partial charge in [-0.05, 0) is 12.3 Å². The van der Waals surface area contributed by atoms with Crippen molar-refractivity contribution in [2.75, 3.05) is 0 Å². The summed E-state index contributed by atoms with van der Waals surface area (Å²) < 4.78 is 0. The van der Waals surface area contributed by atoms with Crippen LogP contribution < -0.4 is 0 Å². The lowest BCUT2D eigenvalue weighted by atomic mass is 9.80. The molecule has 0 aromatic carbocycles. The Bertz CT molecular complexity index is 141. The first-order valence-corrected chi connectivity index (χ1v) is 4.10. The van der Waals surface area contributed by atoms with E-state index in [1.165, 1.54) is 0 Å². The summed E-state index contributed by atoms with van der Waals surface area (Å²) >= 11 is 0. The van der Waals surface area contributed by atoms with Crippen LogP contribution in [-0.4, -0.2) is 11.2 Å². The van der Waals surface area contributed by atoms with Gasteiger partial charge in [0, 0.05) is 5.92 Å². The standard InChI is InChI=1S/C10H20O/c1-7(2)8(3)9(11)10(4,5)6/h8-9,11H,1H2,2-6H3/t8-,9-/m0/s1. The van der Waals surface area contributed by atoms with Gasteiger partial charge in [0.1, 0.15) is 0 Å². The zero-order chi connectivity index (χ0) is 9.23. The highest BCUT2D eigenvalue weighted by Gasteiger charge is 2.27. The summed E-state index contributed by atoms with van der Waals surface area (Å²) in [5, 5.41) is 9.76. The zero-order valence-electron chi connectivity index (χ0n) is 8.31. The third-order valence-electron chi connectivity index (χ3n) is 2.14. The van der Waals surface area contributed by atoms with Crippen LogP contribution in [0, 0.1) is 11.3 Å². The first-order valence-electron chi connectivity index (χ1n) is 4.10. The molecule has 66 valence electrons. The maximum atomic E-state index is 9.76. The van der Waals surface area contributed by atoms with Crippen LogP contribution >= 0.6 is 0 Å². The molecular formula is C10H20O. The molecular weight excluding hydrogens is 136 g/mol. The highest BCUT2D eigenvalue weighted by Crippen LogP contribution is 2.28. The van der Waals surface area contributed by atoms with Crippen LogP contribution in [-0.2, 0) is 0 Å². The van der Waals surface area contributed by atoms with Crippen molar-refractivity contribution in [1.29, 1.82) is 0 Å². The Kier molecular flexibility index (Phi) is 3.30. The lowest BCUT2D eigenvalue weighted by Gasteiger charge is -2.31. The molecule has 0 fully saturated rings. The average Bonchev–Trinajstić information content (AvgIpc) is 1.82. The highest BCUT2D eigenvalue weighted by molar-refractivity contribution is 4.99. The van der Waals surface area contributed by atoms with Crippen LogP contribution in [0.5, 0.6) is 0 Å². The first-order chi connectivity index (χ1) is 4.76. The Hall–Kier alpha value is -0.300. The molecule has 0 radical (unpaired) electrons. The smallest absolute Gasteiger partial charge is 0.0650 e. The molecule has 1 N–H and O–H groups in total. The maximum Gasteiger partial charge on any atom is 0.0650 e. The van der Waals surface area contributed by atoms with Crippen molar-refractivity contribution in [3.63, 3.8) is 0 Å². The van der Waals surface area contributed by atoms with Gasteiger partial charge in [0.2, 0.25) is 0 Å². The summed E-state index contributed by atoms with van der Waals surface area (Å²) in [6.07, 6.45) is -0.292. The molecule has 0 saturated carbocycles. The molecule has 1 nitrogen and oxygen atoms in total. The molecule has 0 bridgehead atoms. The van der Waals surface area contributed by atoms with Gasteiger partial charge in [0.05, 0.1) is 6.10 Å². The predicted molar refractivity (Wildman–Crippen MR) is 49.4 cm³/mol. The summed E-state index contributed by atoms with van der Waals surface area (Å²) in [6.45, 7) is 13.9. The molecule has 11 heavy (non-hydrogen) atoms. The van der Waals surface area contributed by atoms with Crippen LogP contribution in [0.2, 0.25) is 0 Å². The van der Waals surface area contributed by atoms with E-state index in [1.54, 1.807) is 0 Å². The zero-order valence-corrected chi connectivity index (χ0v) is 8.31. The predicted octanol–water partition coefficient (Wildman–Crippen LogP) is 2.61. The number of aliphatic hydroxyl groups is 1. The molecule has 0 amide bonds. The summed E-state index contributed by atoms with van der Waals surface area (Å²) in [5.41, 5.74) is 1.01. The Labute approximate surface area is 70.1 Å². The van der Waals surface area contributed by atoms with E-state index in [-0.39, 0.29) is 17.4 Å². The summed E-state index contributed by atoms with van der Waals surface area (Å²) in [7, 11) is 0. The van der Waals surface area contributed by atoms with Gasteiger partial charge in [0.25, 0.3) is 0 Å². The Balaban J connectivity index is 4.25. The van der Waals surface area contributed by atoms with Crippen LogP contribution in [0.25, 0.3) is 0 Å². The molecule has 0 aliphatic carbocycles. The fourth-order valence-corrected chi connectivity index (χ4v) is 1.02. The molecule has 0 rings (SSSR count). The van der Waals surface area contributed by atoms with Gasteiger partial charge in [-0.1, -0.05) is 39.8 Å². The molecule has 0 heterocycles. The van der Waals surface area contributed by atoms with Gasteiger partial charge in [-0.15, -0.1) is 0 Å². The van der Waals surface area contributed by atoms with Crippen LogP contribution in [0.15, 0.2) is 12.2 Å². The normalized spacial score (nSPS) is 17.6. The number of rotatable bonds is 2. The van der Waals surface area contributed by atoms with Crippen molar-refractivity contribution in [2.45, 2.75) is 40.7 Å². The van der Waals surface area contributed by atoms with Crippen LogP contribution in [0.1, 0.15) is 34.6 Å². The maximum absolute atomic E-state index is 9.76. The van der Waals surface area contributed by atoms with E-state index in [2.05, 4.69) is 6.58 Å². The Morgan fingerprint density at radius 1 is 1.36 bits per heavy atom. The number of hydrogen-bond acceptors (Lipinski definition) is 1. The molecule has 1 heteroatoms. The highest BCUT2D eigenvalue weighted by atomic mass is 16.3. The molecule has 0 spiro atoms. The minimum Gasteiger partial charge on any atom is -0.392 e. The Morgan fingerprint density at radius 2 is 1.73 bits per heavy atom. The van der Waals surface area contributed by atoms with Gasteiger partial charge in [0.15, 0.2) is 0 Å². The second-order valence-corrected chi connectivity index (χ2v) is 4.45. The van der Waals surface area contributed by atoms with Gasteiger partial charge in [-0.2, -0.15) is 0 Å². The van der Waals surface area contributed by atoms with Crippen molar-refractivity contribution < 1.29 is 5.11 Å². The largest absolute Gasteiger partial charge is 0.392 e. The third-order valence-corrected chi connectivity index (χ3v) is 2.14. The van der Waals surface area contributed by atoms with E-state index < -0.39 is 0 Å². The number of aliphatic hydroxyl groups excluding tert-OH is 1. The summed E-state index contributed by atoms with van der Waals surface area (Å²) in [4.78, 5) is 0. The van der Waals surface area contributed by atoms with Crippen molar-refractivity contribution in [3.8, 4) is 0 Å². The van der Waals surface area contributed by atoms with E-state index in [9.17, 15) is 5.11 Å². The van der Waals surface area contributed by atoms with E-state index in [4.69, 9.17) is 0 Å². The minimum absolute atomic E-state index is 0.0433. The van der Waals surface area contributed by atoms with Gasteiger partial charge >= 0.3 is 0 Å². The topological polar surface area (TPSA) is 20.2 Å². The lowest BCUT2D eigenvalue weighted by Crippen LogP contribution is -2.32. The molecule has 0 aliphatic rings. The quantitative estimate of drug-likeness (QED) is 0.609. The van der Waals surface area contributed by atoms with Gasteiger partial charge in [-0.25, -0.2) is 0 Å². The molecule has 0 aromatic heterocycles. The van der Waals surface area contributed by atoms with Crippen molar-refractivity contribution in [3.05, 3.63) is 12.2 Å². The van der Waals surface area contributed by atoms with Crippen LogP contribution in [0.4, 0.5) is 0 Å². The fraction of sp³-hybridized carbons (Fsp3) is 0.800. The van der Waals surface area contributed by atoms with Crippen LogP contribution in [0.3, 0.4) is 0 Å². The molecule has 0 unspecified atom stereocenters. The SMILES string of the molecule is C=C(C)[C@H](C)[C@H](O)C(C)(C)C. The first kappa shape index (κ1) is 10.7. The van der Waals surface area contributed by atoms with Gasteiger partial charge in [-0.3, -0.25) is 0 Å².